The number of amides is 7. The van der Waals surface area contributed by atoms with Gasteiger partial charge in [0, 0.05) is 48.2 Å². The van der Waals surface area contributed by atoms with E-state index in [9.17, 15) is 38.7 Å². The Kier molecular flexibility index (Phi) is 10.5. The first-order valence-corrected chi connectivity index (χ1v) is 18.4. The molecule has 4 aliphatic heterocycles. The largest absolute Gasteiger partial charge is 0.477 e. The van der Waals surface area contributed by atoms with Crippen LogP contribution in [0, 0.1) is 0 Å². The summed E-state index contributed by atoms with van der Waals surface area (Å²) < 4.78 is 2.04. The fourth-order valence-corrected chi connectivity index (χ4v) is 8.93. The third-order valence-electron chi connectivity index (χ3n) is 9.17. The number of nitrogens with zero attached hydrogens (tertiary/aromatic N) is 5. The molecule has 51 heavy (non-hydrogen) atoms. The summed E-state index contributed by atoms with van der Waals surface area (Å²) in [6, 6.07) is 9.45. The number of urea groups is 1. The topological polar surface area (TPSA) is 193 Å². The lowest BCUT2D eigenvalue weighted by Gasteiger charge is -2.56. The second-order valence-electron chi connectivity index (χ2n) is 12.2. The SMILES string of the molecule is CCN1CCN(C(=O)N[C@@H](C(=O)N[C@]2(NC=O)C(=O)N3C(C(=O)O)=C(CSc4cc[n+](N5CCCC5)cc4)CS[C@@H]32)c2ccccc2)C(=O)C1=O. The number of aliphatic carboxylic acids is 1. The molecule has 16 nitrogen and oxygen atoms in total. The van der Waals surface area contributed by atoms with Crippen molar-refractivity contribution in [1.82, 2.24) is 30.7 Å². The van der Waals surface area contributed by atoms with Gasteiger partial charge in [0.2, 0.25) is 30.4 Å². The number of nitrogens with one attached hydrogen (secondary N) is 3. The van der Waals surface area contributed by atoms with E-state index < -0.39 is 52.7 Å². The Balaban J connectivity index is 1.20. The maximum atomic E-state index is 14.0. The van der Waals surface area contributed by atoms with Crippen LogP contribution in [-0.2, 0) is 28.8 Å². The molecule has 6 rings (SSSR count). The number of imide groups is 1. The van der Waals surface area contributed by atoms with Gasteiger partial charge >= 0.3 is 23.8 Å². The fraction of sp³-hybridized carbons (Fsp3) is 0.394. The molecular formula is C33H37N8O8S2+. The summed E-state index contributed by atoms with van der Waals surface area (Å²) in [7, 11) is 0. The van der Waals surface area contributed by atoms with Crippen LogP contribution in [0.2, 0.25) is 0 Å². The normalized spacial score (nSPS) is 22.3. The minimum absolute atomic E-state index is 0.0933. The maximum Gasteiger partial charge on any atom is 0.352 e. The molecule has 18 heteroatoms. The van der Waals surface area contributed by atoms with Crippen LogP contribution < -0.4 is 25.6 Å². The summed E-state index contributed by atoms with van der Waals surface area (Å²) in [6.07, 6.45) is 6.44. The molecule has 3 atom stereocenters. The van der Waals surface area contributed by atoms with Gasteiger partial charge in [-0.2, -0.15) is 5.01 Å². The minimum Gasteiger partial charge on any atom is -0.477 e. The van der Waals surface area contributed by atoms with E-state index in [-0.39, 0.29) is 48.8 Å². The Morgan fingerprint density at radius 2 is 1.75 bits per heavy atom. The Morgan fingerprint density at radius 1 is 1.04 bits per heavy atom. The maximum absolute atomic E-state index is 14.0. The van der Waals surface area contributed by atoms with Crippen molar-refractivity contribution in [3.05, 3.63) is 71.7 Å². The van der Waals surface area contributed by atoms with Crippen molar-refractivity contribution in [2.24, 2.45) is 0 Å². The van der Waals surface area contributed by atoms with Crippen molar-refractivity contribution in [2.75, 3.05) is 49.2 Å². The number of carbonyl (C=O) groups is 7. The summed E-state index contributed by atoms with van der Waals surface area (Å²) in [5.74, 6) is -4.53. The van der Waals surface area contributed by atoms with Crippen LogP contribution in [0.5, 0.6) is 0 Å². The lowest BCUT2D eigenvalue weighted by atomic mass is 9.94. The van der Waals surface area contributed by atoms with E-state index in [1.807, 2.05) is 29.2 Å². The summed E-state index contributed by atoms with van der Waals surface area (Å²) in [6.45, 7) is 3.99. The van der Waals surface area contributed by atoms with Crippen LogP contribution in [0.4, 0.5) is 4.79 Å². The minimum atomic E-state index is -2.04. The Hall–Kier alpha value is -5.10. The third-order valence-corrected chi connectivity index (χ3v) is 11.7. The number of pyridine rings is 1. The molecule has 3 saturated heterocycles. The van der Waals surface area contributed by atoms with Crippen LogP contribution in [0.1, 0.15) is 31.4 Å². The number of hydrogen-bond donors (Lipinski definition) is 4. The van der Waals surface area contributed by atoms with Gasteiger partial charge in [0.25, 0.3) is 5.91 Å². The van der Waals surface area contributed by atoms with Crippen molar-refractivity contribution < 1.29 is 43.3 Å². The number of aromatic nitrogens is 1. The van der Waals surface area contributed by atoms with E-state index in [4.69, 9.17) is 0 Å². The van der Waals surface area contributed by atoms with Gasteiger partial charge in [-0.25, -0.2) is 9.59 Å². The Labute approximate surface area is 301 Å². The van der Waals surface area contributed by atoms with Crippen LogP contribution in [0.3, 0.4) is 0 Å². The first-order valence-electron chi connectivity index (χ1n) is 16.4. The zero-order valence-electron chi connectivity index (χ0n) is 27.6. The molecular weight excluding hydrogens is 701 g/mol. The van der Waals surface area contributed by atoms with Gasteiger partial charge in [0.15, 0.2) is 0 Å². The van der Waals surface area contributed by atoms with Crippen molar-refractivity contribution in [1.29, 1.82) is 0 Å². The number of piperazine rings is 1. The molecule has 2 aromatic rings. The van der Waals surface area contributed by atoms with E-state index >= 15 is 0 Å². The van der Waals surface area contributed by atoms with Crippen LogP contribution in [-0.4, -0.2) is 117 Å². The number of β-lactam (4-membered cyclic amide) rings is 1. The average Bonchev–Trinajstić information content (AvgIpc) is 3.69. The second-order valence-corrected chi connectivity index (χ2v) is 14.3. The predicted octanol–water partition coefficient (Wildman–Crippen LogP) is -0.248. The fourth-order valence-electron chi connectivity index (χ4n) is 6.48. The highest BCUT2D eigenvalue weighted by Crippen LogP contribution is 2.46. The first-order chi connectivity index (χ1) is 24.6. The van der Waals surface area contributed by atoms with E-state index in [1.54, 1.807) is 37.3 Å². The number of fused-ring (bicyclic) bond motifs is 1. The zero-order chi connectivity index (χ0) is 36.3. The lowest BCUT2D eigenvalue weighted by Crippen LogP contribution is -2.85. The highest BCUT2D eigenvalue weighted by Gasteiger charge is 2.66. The standard InChI is InChI=1S/C33H36N8O8S2/c1-2-37-16-17-40(28(45)27(37)44)32(49)35-24(21-8-4-3-5-9-21)26(43)36-33(34-20-42)30(48)41-25(29(46)47)22(19-51-31(33)41)18-50-23-10-14-39(15-11-23)38-12-6-7-13-38/h3-5,8-11,14-15,20,24,31H,2,6-7,12-13,16-19H2,1H3,(H3-,34,35,36,42,43,46,47,49)/p+1/t24-,31-,33-/m1/s1. The number of carboxylic acid groups (broad SMARTS) is 1. The smallest absolute Gasteiger partial charge is 0.352 e. The van der Waals surface area contributed by atoms with Gasteiger partial charge in [-0.1, -0.05) is 35.0 Å². The average molecular weight is 738 g/mol. The van der Waals surface area contributed by atoms with E-state index in [2.05, 4.69) is 21.0 Å². The van der Waals surface area contributed by atoms with Gasteiger partial charge in [-0.05, 0) is 30.9 Å². The highest BCUT2D eigenvalue weighted by molar-refractivity contribution is 8.01. The second kappa shape index (κ2) is 15.0. The van der Waals surface area contributed by atoms with E-state index in [0.29, 0.717) is 10.5 Å². The molecule has 5 heterocycles. The number of hydrogen-bond acceptors (Lipinski definition) is 10. The van der Waals surface area contributed by atoms with Crippen LogP contribution in [0.25, 0.3) is 0 Å². The Morgan fingerprint density at radius 3 is 2.39 bits per heavy atom. The molecule has 0 aliphatic carbocycles. The van der Waals surface area contributed by atoms with E-state index in [0.717, 1.165) is 35.7 Å². The number of likely N-dealkylation sites (N-methyl/N-ethyl adjacent to an activating group) is 1. The summed E-state index contributed by atoms with van der Waals surface area (Å²) in [5.41, 5.74) is -1.48. The third kappa shape index (κ3) is 6.84. The Bertz CT molecular complexity index is 1770. The van der Waals surface area contributed by atoms with Gasteiger partial charge in [0.1, 0.15) is 17.1 Å². The van der Waals surface area contributed by atoms with Gasteiger partial charge < -0.3 is 26.0 Å². The molecule has 0 saturated carbocycles. The summed E-state index contributed by atoms with van der Waals surface area (Å²) in [4.78, 5) is 94.8. The van der Waals surface area contributed by atoms with Crippen LogP contribution >= 0.6 is 23.5 Å². The molecule has 4 aliphatic rings. The molecule has 7 amide bonds. The van der Waals surface area contributed by atoms with Crippen molar-refractivity contribution in [3.8, 4) is 0 Å². The quantitative estimate of drug-likeness (QED) is 0.0561. The van der Waals surface area contributed by atoms with E-state index in [1.165, 1.54) is 28.4 Å². The molecule has 0 radical (unpaired) electrons. The van der Waals surface area contributed by atoms with Crippen molar-refractivity contribution >= 4 is 65.6 Å². The number of carbonyl (C=O) groups excluding carboxylic acids is 6. The first kappa shape index (κ1) is 35.7. The molecule has 0 spiro atoms. The lowest BCUT2D eigenvalue weighted by molar-refractivity contribution is -0.691. The highest BCUT2D eigenvalue weighted by atomic mass is 32.2. The van der Waals surface area contributed by atoms with Gasteiger partial charge in [-0.3, -0.25) is 33.8 Å². The number of carboxylic acids is 1. The zero-order valence-corrected chi connectivity index (χ0v) is 29.3. The molecule has 1 aromatic carbocycles. The van der Waals surface area contributed by atoms with Crippen molar-refractivity contribution in [2.45, 2.75) is 41.7 Å². The molecule has 0 bridgehead atoms. The molecule has 4 N–H and O–H groups in total. The van der Waals surface area contributed by atoms with Crippen molar-refractivity contribution in [3.63, 3.8) is 0 Å². The summed E-state index contributed by atoms with van der Waals surface area (Å²) in [5, 5.41) is 18.9. The molecule has 0 unspecified atom stereocenters. The summed E-state index contributed by atoms with van der Waals surface area (Å²) >= 11 is 2.61. The number of benzene rings is 1. The van der Waals surface area contributed by atoms with Gasteiger partial charge in [-0.15, -0.1) is 23.5 Å². The number of thioether (sulfide) groups is 2. The molecule has 3 fully saturated rings. The molecule has 268 valence electrons. The number of rotatable bonds is 12. The monoisotopic (exact) mass is 737 g/mol. The molecule has 1 aromatic heterocycles. The van der Waals surface area contributed by atoms with Gasteiger partial charge in [0.05, 0.1) is 13.1 Å². The van der Waals surface area contributed by atoms with Crippen LogP contribution in [0.15, 0.2) is 71.0 Å². The predicted molar refractivity (Wildman–Crippen MR) is 184 cm³/mol.